The van der Waals surface area contributed by atoms with Gasteiger partial charge in [0.2, 0.25) is 0 Å². The molecule has 0 aromatic carbocycles. The first-order valence-corrected chi connectivity index (χ1v) is 14.0. The van der Waals surface area contributed by atoms with Gasteiger partial charge >= 0.3 is 6.09 Å². The SMILES string of the molecule is CCCCOC[C@@H]1[C@@H](OCCCC)[C@H](OCCCC)[C@@H](OCCCC)CN1CCOC(=O)N(C)C. The van der Waals surface area contributed by atoms with Crippen molar-refractivity contribution in [3.63, 3.8) is 0 Å². The topological polar surface area (TPSA) is 69.7 Å². The van der Waals surface area contributed by atoms with E-state index < -0.39 is 0 Å². The fraction of sp³-hybridized carbons (Fsp3) is 0.963. The largest absolute Gasteiger partial charge is 0.448 e. The molecule has 0 aromatic rings. The Morgan fingerprint density at radius 1 is 0.771 bits per heavy atom. The molecule has 1 amide bonds. The van der Waals surface area contributed by atoms with Gasteiger partial charge in [-0.1, -0.05) is 53.4 Å². The van der Waals surface area contributed by atoms with Crippen molar-refractivity contribution < 1.29 is 28.5 Å². The Labute approximate surface area is 214 Å². The zero-order chi connectivity index (χ0) is 25.9. The average molecular weight is 503 g/mol. The van der Waals surface area contributed by atoms with E-state index in [1.54, 1.807) is 14.1 Å². The Bertz CT molecular complexity index is 522. The molecule has 208 valence electrons. The van der Waals surface area contributed by atoms with Gasteiger partial charge < -0.3 is 28.6 Å². The molecular weight excluding hydrogens is 448 g/mol. The van der Waals surface area contributed by atoms with Crippen LogP contribution in [0.25, 0.3) is 0 Å². The zero-order valence-corrected chi connectivity index (χ0v) is 23.5. The molecule has 1 heterocycles. The number of amides is 1. The predicted molar refractivity (Wildman–Crippen MR) is 140 cm³/mol. The van der Waals surface area contributed by atoms with E-state index in [0.29, 0.717) is 46.1 Å². The van der Waals surface area contributed by atoms with E-state index in [1.807, 2.05) is 0 Å². The minimum atomic E-state index is -0.329. The van der Waals surface area contributed by atoms with Crippen molar-refractivity contribution in [1.82, 2.24) is 9.80 Å². The van der Waals surface area contributed by atoms with Gasteiger partial charge in [0.05, 0.1) is 18.8 Å². The molecule has 1 fully saturated rings. The summed E-state index contributed by atoms with van der Waals surface area (Å²) >= 11 is 0. The number of unbranched alkanes of at least 4 members (excludes halogenated alkanes) is 4. The number of ether oxygens (including phenoxy) is 5. The summed E-state index contributed by atoms with van der Waals surface area (Å²) in [6.07, 6.45) is 7.69. The normalized spacial score (nSPS) is 22.9. The molecule has 1 aliphatic heterocycles. The summed E-state index contributed by atoms with van der Waals surface area (Å²) in [5, 5.41) is 0. The lowest BCUT2D eigenvalue weighted by Crippen LogP contribution is -2.65. The second kappa shape index (κ2) is 20.2. The standard InChI is InChI=1S/C27H54N2O6/c1-7-11-16-31-22-23-25(33-18-13-9-3)26(34-19-14-10-4)24(32-17-12-8-2)21-29(23)15-20-35-27(30)28(5)6/h23-26H,7-22H2,1-6H3/t23-,24+,25-,26-/m1/s1. The number of carbonyl (C=O) groups excluding carboxylic acids is 1. The van der Waals surface area contributed by atoms with E-state index in [2.05, 4.69) is 32.6 Å². The highest BCUT2D eigenvalue weighted by Gasteiger charge is 2.45. The lowest BCUT2D eigenvalue weighted by molar-refractivity contribution is -0.202. The summed E-state index contributed by atoms with van der Waals surface area (Å²) in [6.45, 7) is 13.7. The van der Waals surface area contributed by atoms with Crippen molar-refractivity contribution in [2.24, 2.45) is 0 Å². The van der Waals surface area contributed by atoms with Crippen LogP contribution in [0.15, 0.2) is 0 Å². The first-order valence-electron chi connectivity index (χ1n) is 14.0. The molecule has 0 radical (unpaired) electrons. The quantitative estimate of drug-likeness (QED) is 0.223. The third-order valence-electron chi connectivity index (χ3n) is 6.30. The molecule has 0 spiro atoms. The second-order valence-electron chi connectivity index (χ2n) is 9.64. The molecule has 1 rings (SSSR count). The van der Waals surface area contributed by atoms with Crippen LogP contribution in [0.3, 0.4) is 0 Å². The number of carbonyl (C=O) groups is 1. The van der Waals surface area contributed by atoms with Crippen LogP contribution in [-0.2, 0) is 23.7 Å². The van der Waals surface area contributed by atoms with Gasteiger partial charge in [0.1, 0.15) is 18.8 Å². The molecule has 0 bridgehead atoms. The van der Waals surface area contributed by atoms with Gasteiger partial charge in [0, 0.05) is 53.6 Å². The predicted octanol–water partition coefficient (Wildman–Crippen LogP) is 4.74. The fourth-order valence-electron chi connectivity index (χ4n) is 4.06. The molecule has 1 saturated heterocycles. The van der Waals surface area contributed by atoms with E-state index in [4.69, 9.17) is 23.7 Å². The van der Waals surface area contributed by atoms with Crippen molar-refractivity contribution in [3.8, 4) is 0 Å². The molecule has 0 aromatic heterocycles. The number of likely N-dealkylation sites (tertiary alicyclic amines) is 1. The summed E-state index contributed by atoms with van der Waals surface area (Å²) < 4.78 is 31.0. The number of hydrogen-bond acceptors (Lipinski definition) is 7. The van der Waals surface area contributed by atoms with Gasteiger partial charge in [0.15, 0.2) is 0 Å². The second-order valence-corrected chi connectivity index (χ2v) is 9.64. The Hall–Kier alpha value is -0.930. The van der Waals surface area contributed by atoms with Crippen LogP contribution in [0, 0.1) is 0 Å². The van der Waals surface area contributed by atoms with Crippen LogP contribution in [0.5, 0.6) is 0 Å². The first-order chi connectivity index (χ1) is 17.0. The molecule has 1 aliphatic rings. The van der Waals surface area contributed by atoms with Gasteiger partial charge in [-0.25, -0.2) is 4.79 Å². The van der Waals surface area contributed by atoms with Gasteiger partial charge in [-0.2, -0.15) is 0 Å². The monoisotopic (exact) mass is 502 g/mol. The van der Waals surface area contributed by atoms with Gasteiger partial charge in [-0.15, -0.1) is 0 Å². The van der Waals surface area contributed by atoms with Gasteiger partial charge in [0.25, 0.3) is 0 Å². The lowest BCUT2D eigenvalue weighted by Gasteiger charge is -2.48. The summed E-state index contributed by atoms with van der Waals surface area (Å²) in [5.74, 6) is 0. The molecule has 4 atom stereocenters. The molecule has 8 nitrogen and oxygen atoms in total. The van der Waals surface area contributed by atoms with E-state index in [-0.39, 0.29) is 30.4 Å². The van der Waals surface area contributed by atoms with Crippen LogP contribution >= 0.6 is 0 Å². The Morgan fingerprint density at radius 3 is 1.89 bits per heavy atom. The van der Waals surface area contributed by atoms with Crippen molar-refractivity contribution in [2.75, 3.05) is 66.8 Å². The summed E-state index contributed by atoms with van der Waals surface area (Å²) in [7, 11) is 3.39. The molecule has 8 heteroatoms. The van der Waals surface area contributed by atoms with Crippen molar-refractivity contribution in [3.05, 3.63) is 0 Å². The van der Waals surface area contributed by atoms with Gasteiger partial charge in [-0.3, -0.25) is 4.90 Å². The maximum Gasteiger partial charge on any atom is 0.409 e. The molecule has 0 aliphatic carbocycles. The minimum absolute atomic E-state index is 0.0134. The smallest absolute Gasteiger partial charge is 0.409 e. The Morgan fingerprint density at radius 2 is 1.31 bits per heavy atom. The van der Waals surface area contributed by atoms with E-state index in [0.717, 1.165) is 58.0 Å². The van der Waals surface area contributed by atoms with Crippen LogP contribution < -0.4 is 0 Å². The highest BCUT2D eigenvalue weighted by Crippen LogP contribution is 2.27. The lowest BCUT2D eigenvalue weighted by atomic mass is 9.93. The number of nitrogens with zero attached hydrogens (tertiary/aromatic N) is 2. The maximum atomic E-state index is 12.0. The zero-order valence-electron chi connectivity index (χ0n) is 23.5. The summed E-state index contributed by atoms with van der Waals surface area (Å²) in [4.78, 5) is 15.7. The molecule has 0 unspecified atom stereocenters. The third kappa shape index (κ3) is 12.7. The third-order valence-corrected chi connectivity index (χ3v) is 6.30. The van der Waals surface area contributed by atoms with Crippen molar-refractivity contribution in [1.29, 1.82) is 0 Å². The Balaban J connectivity index is 3.09. The van der Waals surface area contributed by atoms with Crippen LogP contribution in [0.2, 0.25) is 0 Å². The highest BCUT2D eigenvalue weighted by atomic mass is 16.6. The molecule has 35 heavy (non-hydrogen) atoms. The van der Waals surface area contributed by atoms with Crippen molar-refractivity contribution >= 4 is 6.09 Å². The van der Waals surface area contributed by atoms with Crippen molar-refractivity contribution in [2.45, 2.75) is 103 Å². The van der Waals surface area contributed by atoms with Gasteiger partial charge in [-0.05, 0) is 25.7 Å². The minimum Gasteiger partial charge on any atom is -0.448 e. The molecule has 0 N–H and O–H groups in total. The fourth-order valence-corrected chi connectivity index (χ4v) is 4.06. The number of rotatable bonds is 20. The number of piperidine rings is 1. The maximum absolute atomic E-state index is 12.0. The summed E-state index contributed by atoms with van der Waals surface area (Å²) in [5.41, 5.74) is 0. The molecule has 0 saturated carbocycles. The summed E-state index contributed by atoms with van der Waals surface area (Å²) in [6, 6.07) is 0.0134. The van der Waals surface area contributed by atoms with E-state index in [1.165, 1.54) is 4.90 Å². The average Bonchev–Trinajstić information content (AvgIpc) is 2.84. The molecular formula is C27H54N2O6. The van der Waals surface area contributed by atoms with E-state index in [9.17, 15) is 4.79 Å². The van der Waals surface area contributed by atoms with E-state index >= 15 is 0 Å². The van der Waals surface area contributed by atoms with Crippen LogP contribution in [-0.4, -0.2) is 107 Å². The Kier molecular flexibility index (Phi) is 18.5. The van der Waals surface area contributed by atoms with Crippen LogP contribution in [0.4, 0.5) is 4.79 Å². The van der Waals surface area contributed by atoms with Crippen LogP contribution in [0.1, 0.15) is 79.1 Å². The number of hydrogen-bond donors (Lipinski definition) is 0. The first kappa shape index (κ1) is 32.1. The highest BCUT2D eigenvalue weighted by molar-refractivity contribution is 5.66.